The van der Waals surface area contributed by atoms with Gasteiger partial charge in [0.2, 0.25) is 0 Å². The molecule has 0 saturated carbocycles. The van der Waals surface area contributed by atoms with Crippen molar-refractivity contribution in [2.24, 2.45) is 5.41 Å². The Hall–Kier alpha value is -0.520. The lowest BCUT2D eigenvalue weighted by molar-refractivity contribution is 0.351. The van der Waals surface area contributed by atoms with E-state index in [1.807, 2.05) is 0 Å². The zero-order chi connectivity index (χ0) is 8.48. The van der Waals surface area contributed by atoms with Gasteiger partial charge < -0.3 is 0 Å². The molecule has 0 nitrogen and oxygen atoms in total. The van der Waals surface area contributed by atoms with Crippen LogP contribution in [0, 0.1) is 5.41 Å². The maximum absolute atomic E-state index is 2.34. The lowest BCUT2D eigenvalue weighted by Crippen LogP contribution is -2.16. The molecule has 0 aromatic rings. The van der Waals surface area contributed by atoms with Crippen LogP contribution < -0.4 is 0 Å². The van der Waals surface area contributed by atoms with Crippen molar-refractivity contribution in [3.63, 3.8) is 0 Å². The SMILES string of the molecule is CC=C1C=C(C)CC(C)(C)C1. The van der Waals surface area contributed by atoms with Crippen molar-refractivity contribution in [2.45, 2.75) is 40.5 Å². The topological polar surface area (TPSA) is 0 Å². The third-order valence-corrected chi connectivity index (χ3v) is 2.24. The molecule has 0 atom stereocenters. The van der Waals surface area contributed by atoms with Crippen molar-refractivity contribution >= 4 is 0 Å². The minimum atomic E-state index is 0.487. The van der Waals surface area contributed by atoms with Crippen molar-refractivity contribution in [3.05, 3.63) is 23.3 Å². The minimum Gasteiger partial charge on any atom is -0.0844 e. The lowest BCUT2D eigenvalue weighted by atomic mass is 9.76. The number of allylic oxidation sites excluding steroid dienone is 4. The second-order valence-electron chi connectivity index (χ2n) is 4.37. The minimum absolute atomic E-state index is 0.487. The average molecular weight is 150 g/mol. The molecular weight excluding hydrogens is 132 g/mol. The van der Waals surface area contributed by atoms with E-state index in [2.05, 4.69) is 39.8 Å². The van der Waals surface area contributed by atoms with E-state index in [4.69, 9.17) is 0 Å². The van der Waals surface area contributed by atoms with E-state index >= 15 is 0 Å². The van der Waals surface area contributed by atoms with Gasteiger partial charge >= 0.3 is 0 Å². The van der Waals surface area contributed by atoms with Gasteiger partial charge in [0.05, 0.1) is 0 Å². The summed E-state index contributed by atoms with van der Waals surface area (Å²) in [5.41, 5.74) is 3.51. The van der Waals surface area contributed by atoms with Gasteiger partial charge in [-0.2, -0.15) is 0 Å². The molecule has 0 radical (unpaired) electrons. The van der Waals surface area contributed by atoms with Crippen LogP contribution in [0.5, 0.6) is 0 Å². The fourth-order valence-corrected chi connectivity index (χ4v) is 1.97. The van der Waals surface area contributed by atoms with Crippen LogP contribution in [0.2, 0.25) is 0 Å². The fraction of sp³-hybridized carbons (Fsp3) is 0.636. The highest BCUT2D eigenvalue weighted by molar-refractivity contribution is 5.28. The van der Waals surface area contributed by atoms with Crippen molar-refractivity contribution in [1.29, 1.82) is 0 Å². The molecule has 0 spiro atoms. The van der Waals surface area contributed by atoms with Crippen LogP contribution in [-0.4, -0.2) is 0 Å². The third kappa shape index (κ3) is 2.21. The van der Waals surface area contributed by atoms with Gasteiger partial charge in [0.25, 0.3) is 0 Å². The average Bonchev–Trinajstić information content (AvgIpc) is 1.83. The van der Waals surface area contributed by atoms with E-state index < -0.39 is 0 Å². The highest BCUT2D eigenvalue weighted by Gasteiger charge is 2.22. The Labute approximate surface area is 70.0 Å². The molecule has 0 heteroatoms. The van der Waals surface area contributed by atoms with Gasteiger partial charge in [0.1, 0.15) is 0 Å². The standard InChI is InChI=1S/C11H18/c1-5-10-6-9(2)7-11(3,4)8-10/h5-6H,7-8H2,1-4H3. The fourth-order valence-electron chi connectivity index (χ4n) is 1.97. The summed E-state index contributed by atoms with van der Waals surface area (Å²) in [4.78, 5) is 0. The van der Waals surface area contributed by atoms with Gasteiger partial charge in [-0.25, -0.2) is 0 Å². The first-order valence-electron chi connectivity index (χ1n) is 4.36. The molecule has 0 unspecified atom stereocenters. The monoisotopic (exact) mass is 150 g/mol. The molecule has 1 aliphatic carbocycles. The van der Waals surface area contributed by atoms with Gasteiger partial charge in [0.15, 0.2) is 0 Å². The molecule has 1 rings (SSSR count). The third-order valence-electron chi connectivity index (χ3n) is 2.24. The highest BCUT2D eigenvalue weighted by Crippen LogP contribution is 2.37. The van der Waals surface area contributed by atoms with Crippen LogP contribution in [0.4, 0.5) is 0 Å². The van der Waals surface area contributed by atoms with E-state index in [0.29, 0.717) is 5.41 Å². The summed E-state index contributed by atoms with van der Waals surface area (Å²) in [7, 11) is 0. The van der Waals surface area contributed by atoms with Crippen LogP contribution in [0.15, 0.2) is 23.3 Å². The van der Waals surface area contributed by atoms with E-state index in [0.717, 1.165) is 0 Å². The lowest BCUT2D eigenvalue weighted by Gasteiger charge is -2.30. The summed E-state index contributed by atoms with van der Waals surface area (Å²) in [5.74, 6) is 0. The van der Waals surface area contributed by atoms with Gasteiger partial charge in [-0.15, -0.1) is 0 Å². The van der Waals surface area contributed by atoms with Crippen LogP contribution in [0.25, 0.3) is 0 Å². The summed E-state index contributed by atoms with van der Waals surface area (Å²) < 4.78 is 0. The van der Waals surface area contributed by atoms with Crippen molar-refractivity contribution in [1.82, 2.24) is 0 Å². The van der Waals surface area contributed by atoms with E-state index in [1.54, 1.807) is 0 Å². The first-order chi connectivity index (χ1) is 5.03. The Kier molecular flexibility index (Phi) is 2.22. The first-order valence-corrected chi connectivity index (χ1v) is 4.36. The van der Waals surface area contributed by atoms with Gasteiger partial charge in [0, 0.05) is 0 Å². The summed E-state index contributed by atoms with van der Waals surface area (Å²) in [5, 5.41) is 0. The Bertz CT molecular complexity index is 204. The molecule has 1 aliphatic rings. The second kappa shape index (κ2) is 2.84. The molecule has 0 saturated heterocycles. The Balaban J connectivity index is 2.86. The summed E-state index contributed by atoms with van der Waals surface area (Å²) in [6.45, 7) is 9.03. The molecule has 0 bridgehead atoms. The molecule has 0 aromatic heterocycles. The van der Waals surface area contributed by atoms with E-state index in [-0.39, 0.29) is 0 Å². The van der Waals surface area contributed by atoms with Gasteiger partial charge in [-0.05, 0) is 32.1 Å². The number of hydrogen-bond donors (Lipinski definition) is 0. The maximum atomic E-state index is 2.34. The summed E-state index contributed by atoms with van der Waals surface area (Å²) >= 11 is 0. The Morgan fingerprint density at radius 3 is 2.45 bits per heavy atom. The smallest absolute Gasteiger partial charge is 0.0227 e. The van der Waals surface area contributed by atoms with Crippen LogP contribution in [-0.2, 0) is 0 Å². The number of rotatable bonds is 0. The molecule has 62 valence electrons. The molecule has 0 heterocycles. The predicted octanol–water partition coefficient (Wildman–Crippen LogP) is 3.70. The first kappa shape index (κ1) is 8.58. The molecule has 0 aliphatic heterocycles. The quantitative estimate of drug-likeness (QED) is 0.494. The van der Waals surface area contributed by atoms with E-state index in [9.17, 15) is 0 Å². The largest absolute Gasteiger partial charge is 0.0844 e. The van der Waals surface area contributed by atoms with Gasteiger partial charge in [-0.3, -0.25) is 0 Å². The van der Waals surface area contributed by atoms with E-state index in [1.165, 1.54) is 24.0 Å². The van der Waals surface area contributed by atoms with Crippen LogP contribution >= 0.6 is 0 Å². The molecule has 0 N–H and O–H groups in total. The summed E-state index contributed by atoms with van der Waals surface area (Å²) in [6.07, 6.45) is 7.04. The zero-order valence-electron chi connectivity index (χ0n) is 8.07. The van der Waals surface area contributed by atoms with Crippen molar-refractivity contribution in [3.8, 4) is 0 Å². The number of hydrogen-bond acceptors (Lipinski definition) is 0. The molecule has 0 aromatic carbocycles. The Morgan fingerprint density at radius 1 is 1.36 bits per heavy atom. The normalized spacial score (nSPS) is 26.9. The second-order valence-corrected chi connectivity index (χ2v) is 4.37. The molecule has 0 amide bonds. The van der Waals surface area contributed by atoms with Crippen LogP contribution in [0.3, 0.4) is 0 Å². The molecular formula is C11H18. The molecule has 11 heavy (non-hydrogen) atoms. The van der Waals surface area contributed by atoms with Crippen molar-refractivity contribution in [2.75, 3.05) is 0 Å². The predicted molar refractivity (Wildman–Crippen MR) is 50.5 cm³/mol. The zero-order valence-corrected chi connectivity index (χ0v) is 8.07. The van der Waals surface area contributed by atoms with Crippen LogP contribution in [0.1, 0.15) is 40.5 Å². The molecule has 0 fully saturated rings. The maximum Gasteiger partial charge on any atom is -0.0227 e. The summed E-state index contributed by atoms with van der Waals surface area (Å²) in [6, 6.07) is 0. The highest BCUT2D eigenvalue weighted by atomic mass is 14.3. The van der Waals surface area contributed by atoms with Crippen molar-refractivity contribution < 1.29 is 0 Å². The van der Waals surface area contributed by atoms with Gasteiger partial charge in [-0.1, -0.05) is 37.1 Å². The Morgan fingerprint density at radius 2 is 2.00 bits per heavy atom.